The molecule has 0 saturated carbocycles. The molecule has 2 aromatic rings. The van der Waals surface area contributed by atoms with Crippen LogP contribution in [0, 0.1) is 5.92 Å². The van der Waals surface area contributed by atoms with Crippen LogP contribution >= 0.6 is 0 Å². The van der Waals surface area contributed by atoms with Gasteiger partial charge in [-0.2, -0.15) is 5.10 Å². The van der Waals surface area contributed by atoms with Gasteiger partial charge in [-0.1, -0.05) is 24.3 Å². The summed E-state index contributed by atoms with van der Waals surface area (Å²) in [6.45, 7) is 7.99. The van der Waals surface area contributed by atoms with Gasteiger partial charge in [-0.3, -0.25) is 9.58 Å². The van der Waals surface area contributed by atoms with Gasteiger partial charge in [-0.05, 0) is 81.1 Å². The first-order valence-corrected chi connectivity index (χ1v) is 12.5. The zero-order valence-electron chi connectivity index (χ0n) is 18.9. The lowest BCUT2D eigenvalue weighted by Crippen LogP contribution is -2.45. The Morgan fingerprint density at radius 2 is 1.81 bits per heavy atom. The standard InChI is InChI=1S/C26H38N4O/c1-2-7-24-19-25(18-23(24)6-1)29-15-9-22(10-16-29)20-28(21-26-8-3-17-31-26)12-5-14-30-13-4-11-27-30/h1-2,4,6-7,11,13,22,25-26H,3,5,8-10,12,14-21H2. The molecule has 0 amide bonds. The third kappa shape index (κ3) is 5.57. The van der Waals surface area contributed by atoms with E-state index in [4.69, 9.17) is 4.74 Å². The molecule has 5 heteroatoms. The van der Waals surface area contributed by atoms with E-state index in [1.165, 1.54) is 58.2 Å². The summed E-state index contributed by atoms with van der Waals surface area (Å²) < 4.78 is 8.03. The Kier molecular flexibility index (Phi) is 7.02. The second-order valence-electron chi connectivity index (χ2n) is 9.83. The molecule has 0 N–H and O–H groups in total. The quantitative estimate of drug-likeness (QED) is 0.618. The molecule has 0 bridgehead atoms. The molecule has 0 spiro atoms. The van der Waals surface area contributed by atoms with Crippen LogP contribution in [0.15, 0.2) is 42.7 Å². The van der Waals surface area contributed by atoms with Gasteiger partial charge in [0.2, 0.25) is 0 Å². The van der Waals surface area contributed by atoms with E-state index < -0.39 is 0 Å². The highest BCUT2D eigenvalue weighted by Crippen LogP contribution is 2.29. The van der Waals surface area contributed by atoms with Crippen molar-refractivity contribution in [2.45, 2.75) is 63.6 Å². The van der Waals surface area contributed by atoms with E-state index in [0.717, 1.165) is 44.6 Å². The SMILES string of the molecule is c1ccc2c(c1)CC(N1CCC(CN(CCCn3cccn3)CC3CCCO3)CC1)C2. The Balaban J connectivity index is 1.10. The summed E-state index contributed by atoms with van der Waals surface area (Å²) >= 11 is 0. The maximum absolute atomic E-state index is 5.97. The van der Waals surface area contributed by atoms with Crippen molar-refractivity contribution in [1.29, 1.82) is 0 Å². The molecule has 1 unspecified atom stereocenters. The molecule has 1 aromatic carbocycles. The molecule has 31 heavy (non-hydrogen) atoms. The number of rotatable bonds is 9. The van der Waals surface area contributed by atoms with Gasteiger partial charge in [0.05, 0.1) is 6.10 Å². The maximum atomic E-state index is 5.97. The number of hydrogen-bond donors (Lipinski definition) is 0. The Morgan fingerprint density at radius 3 is 2.48 bits per heavy atom. The van der Waals surface area contributed by atoms with Crippen LogP contribution in [-0.2, 0) is 24.1 Å². The first-order valence-electron chi connectivity index (χ1n) is 12.5. The van der Waals surface area contributed by atoms with Gasteiger partial charge in [0.25, 0.3) is 0 Å². The highest BCUT2D eigenvalue weighted by Gasteiger charge is 2.30. The van der Waals surface area contributed by atoms with Crippen LogP contribution in [-0.4, -0.2) is 71.1 Å². The van der Waals surface area contributed by atoms with Crippen molar-refractivity contribution in [3.63, 3.8) is 0 Å². The van der Waals surface area contributed by atoms with Gasteiger partial charge in [-0.25, -0.2) is 0 Å². The summed E-state index contributed by atoms with van der Waals surface area (Å²) in [5.74, 6) is 0.825. The molecule has 3 heterocycles. The first kappa shape index (κ1) is 21.2. The van der Waals surface area contributed by atoms with Crippen LogP contribution in [0.3, 0.4) is 0 Å². The minimum Gasteiger partial charge on any atom is -0.377 e. The molecule has 168 valence electrons. The van der Waals surface area contributed by atoms with Gasteiger partial charge in [0.1, 0.15) is 0 Å². The maximum Gasteiger partial charge on any atom is 0.0702 e. The van der Waals surface area contributed by atoms with Crippen LogP contribution in [0.5, 0.6) is 0 Å². The predicted molar refractivity (Wildman–Crippen MR) is 124 cm³/mol. The van der Waals surface area contributed by atoms with Gasteiger partial charge >= 0.3 is 0 Å². The topological polar surface area (TPSA) is 33.5 Å². The highest BCUT2D eigenvalue weighted by atomic mass is 16.5. The number of nitrogens with zero attached hydrogens (tertiary/aromatic N) is 4. The predicted octanol–water partition coefficient (Wildman–Crippen LogP) is 3.63. The van der Waals surface area contributed by atoms with Gasteiger partial charge in [-0.15, -0.1) is 0 Å². The van der Waals surface area contributed by atoms with Crippen molar-refractivity contribution < 1.29 is 4.74 Å². The fourth-order valence-corrected chi connectivity index (χ4v) is 5.88. The number of ether oxygens (including phenoxy) is 1. The number of likely N-dealkylation sites (tertiary alicyclic amines) is 1. The van der Waals surface area contributed by atoms with Crippen molar-refractivity contribution in [3.8, 4) is 0 Å². The Labute approximate surface area is 187 Å². The molecule has 2 fully saturated rings. The van der Waals surface area contributed by atoms with Gasteiger partial charge in [0, 0.05) is 51.2 Å². The number of benzene rings is 1. The second kappa shape index (κ2) is 10.3. The third-order valence-corrected chi connectivity index (χ3v) is 7.62. The van der Waals surface area contributed by atoms with Crippen molar-refractivity contribution in [3.05, 3.63) is 53.9 Å². The van der Waals surface area contributed by atoms with Crippen LogP contribution < -0.4 is 0 Å². The molecule has 5 nitrogen and oxygen atoms in total. The van der Waals surface area contributed by atoms with E-state index in [1.807, 2.05) is 12.3 Å². The molecular weight excluding hydrogens is 384 g/mol. The Bertz CT molecular complexity index is 768. The van der Waals surface area contributed by atoms with E-state index in [2.05, 4.69) is 50.0 Å². The normalized spacial score (nSPS) is 23.1. The highest BCUT2D eigenvalue weighted by molar-refractivity contribution is 5.33. The number of fused-ring (bicyclic) bond motifs is 1. The van der Waals surface area contributed by atoms with E-state index in [0.29, 0.717) is 6.10 Å². The number of aromatic nitrogens is 2. The molecule has 5 rings (SSSR count). The van der Waals surface area contributed by atoms with Gasteiger partial charge < -0.3 is 9.64 Å². The van der Waals surface area contributed by atoms with E-state index >= 15 is 0 Å². The summed E-state index contributed by atoms with van der Waals surface area (Å²) in [5.41, 5.74) is 3.16. The van der Waals surface area contributed by atoms with Crippen molar-refractivity contribution in [2.24, 2.45) is 5.92 Å². The fourth-order valence-electron chi connectivity index (χ4n) is 5.88. The van der Waals surface area contributed by atoms with Crippen molar-refractivity contribution in [1.82, 2.24) is 19.6 Å². The first-order chi connectivity index (χ1) is 15.3. The zero-order chi connectivity index (χ0) is 20.9. The van der Waals surface area contributed by atoms with Crippen molar-refractivity contribution >= 4 is 0 Å². The lowest BCUT2D eigenvalue weighted by Gasteiger charge is -2.38. The Hall–Kier alpha value is -1.69. The summed E-state index contributed by atoms with van der Waals surface area (Å²) in [4.78, 5) is 5.48. The number of hydrogen-bond acceptors (Lipinski definition) is 4. The van der Waals surface area contributed by atoms with Crippen LogP contribution in [0.4, 0.5) is 0 Å². The molecule has 3 aliphatic rings. The van der Waals surface area contributed by atoms with Crippen LogP contribution in [0.25, 0.3) is 0 Å². The van der Waals surface area contributed by atoms with Gasteiger partial charge in [0.15, 0.2) is 0 Å². The zero-order valence-corrected chi connectivity index (χ0v) is 18.9. The minimum atomic E-state index is 0.446. The molecular formula is C26H38N4O. The Morgan fingerprint density at radius 1 is 1.00 bits per heavy atom. The molecule has 2 saturated heterocycles. The lowest BCUT2D eigenvalue weighted by atomic mass is 9.94. The molecule has 1 aliphatic carbocycles. The monoisotopic (exact) mass is 422 g/mol. The summed E-state index contributed by atoms with van der Waals surface area (Å²) in [7, 11) is 0. The fraction of sp³-hybridized carbons (Fsp3) is 0.654. The number of piperidine rings is 1. The van der Waals surface area contributed by atoms with Crippen LogP contribution in [0.1, 0.15) is 43.2 Å². The summed E-state index contributed by atoms with van der Waals surface area (Å²) in [5, 5.41) is 4.36. The molecule has 1 aromatic heterocycles. The number of aryl methyl sites for hydroxylation is 1. The largest absolute Gasteiger partial charge is 0.377 e. The lowest BCUT2D eigenvalue weighted by molar-refractivity contribution is 0.0561. The van der Waals surface area contributed by atoms with E-state index in [1.54, 1.807) is 11.1 Å². The molecule has 1 atom stereocenters. The van der Waals surface area contributed by atoms with Crippen molar-refractivity contribution in [2.75, 3.05) is 39.3 Å². The average Bonchev–Trinajstić information content (AvgIpc) is 3.56. The smallest absolute Gasteiger partial charge is 0.0702 e. The molecule has 0 radical (unpaired) electrons. The third-order valence-electron chi connectivity index (χ3n) is 7.62. The van der Waals surface area contributed by atoms with E-state index in [9.17, 15) is 0 Å². The van der Waals surface area contributed by atoms with E-state index in [-0.39, 0.29) is 0 Å². The second-order valence-corrected chi connectivity index (χ2v) is 9.83. The summed E-state index contributed by atoms with van der Waals surface area (Å²) in [6, 6.07) is 11.8. The average molecular weight is 423 g/mol. The van der Waals surface area contributed by atoms with Crippen LogP contribution in [0.2, 0.25) is 0 Å². The summed E-state index contributed by atoms with van der Waals surface area (Å²) in [6.07, 6.45) is 13.2. The minimum absolute atomic E-state index is 0.446. The molecule has 2 aliphatic heterocycles.